The van der Waals surface area contributed by atoms with Crippen LogP contribution in [0.1, 0.15) is 70.3 Å². The number of ether oxygens (including phenoxy) is 21. The molecule has 0 aliphatic carbocycles. The molecule has 3 aliphatic heterocycles. The summed E-state index contributed by atoms with van der Waals surface area (Å²) < 4.78 is 125. The van der Waals surface area contributed by atoms with Crippen molar-refractivity contribution in [3.63, 3.8) is 0 Å². The summed E-state index contributed by atoms with van der Waals surface area (Å²) in [5.74, 6) is -6.66. The van der Waals surface area contributed by atoms with E-state index < -0.39 is 89.9 Å². The molecule has 0 saturated carbocycles. The zero-order valence-corrected chi connectivity index (χ0v) is 53.6. The van der Waals surface area contributed by atoms with Crippen LogP contribution in [0.4, 0.5) is 0 Å². The molecule has 3 N–H and O–H groups in total. The van der Waals surface area contributed by atoms with E-state index in [1.165, 1.54) is 144 Å². The van der Waals surface area contributed by atoms with E-state index in [-0.39, 0.29) is 132 Å². The molecule has 0 radical (unpaired) electrons. The number of esters is 4. The Morgan fingerprint density at radius 2 is 0.753 bits per heavy atom. The van der Waals surface area contributed by atoms with Crippen molar-refractivity contribution in [2.24, 2.45) is 0 Å². The molecular formula is C65H70O28. The highest BCUT2D eigenvalue weighted by molar-refractivity contribution is 6.10. The summed E-state index contributed by atoms with van der Waals surface area (Å²) in [4.78, 5) is 62.9. The summed E-state index contributed by atoms with van der Waals surface area (Å²) in [7, 11) is 20.6. The Hall–Kier alpha value is -10.3. The van der Waals surface area contributed by atoms with Gasteiger partial charge in [-0.3, -0.25) is 0 Å². The number of rotatable bonds is 20. The first-order valence-corrected chi connectivity index (χ1v) is 28.2. The van der Waals surface area contributed by atoms with E-state index >= 15 is 14.4 Å². The average molecular weight is 1300 g/mol. The second-order valence-electron chi connectivity index (χ2n) is 20.4. The second kappa shape index (κ2) is 28.0. The number of hydrogen-bond acceptors (Lipinski definition) is 28. The third-order valence-corrected chi connectivity index (χ3v) is 16.0. The smallest absolute Gasteiger partial charge is 0.339 e. The number of benzene rings is 6. The van der Waals surface area contributed by atoms with Crippen LogP contribution in [-0.4, -0.2) is 190 Å². The van der Waals surface area contributed by atoms with Gasteiger partial charge in [-0.25, -0.2) is 19.2 Å². The predicted molar refractivity (Wildman–Crippen MR) is 323 cm³/mol. The van der Waals surface area contributed by atoms with Crippen LogP contribution in [-0.2, 0) is 25.4 Å². The lowest BCUT2D eigenvalue weighted by molar-refractivity contribution is -0.150. The molecule has 9 rings (SSSR count). The van der Waals surface area contributed by atoms with Gasteiger partial charge in [0, 0.05) is 40.3 Å². The highest BCUT2D eigenvalue weighted by atomic mass is 16.6. The molecule has 6 aromatic rings. The minimum absolute atomic E-state index is 0.0535. The standard InChI is InChI=1S/C65H70O28/c1-73-35-18-17-27(19-37(35)74-2)49-33(66)20-28-36(90-49)25-38(75-3)47(50(28)80-8)48(68)60-61(93-65(72)32-24-42(79-7)55(84-12)59(88-16)46(32)45-31(64(71)92-60)23-41(78-6)54(83-11)58(45)87-15)51-34(67)26-89-62(69)29-21-39(76-4)52(81-9)56(85-13)43(29)44-30(63(70)91-51)22-40(77-5)53(82-10)57(44)86-14/h17-19,21-25,33-34,48-49,51,60-61,66-68H,20,26H2,1-16H3/t33-,34-,48+,49-,51-,60+,61+/m1/s1. The van der Waals surface area contributed by atoms with E-state index in [0.717, 1.165) is 0 Å². The van der Waals surface area contributed by atoms with Crippen molar-refractivity contribution >= 4 is 23.9 Å². The maximum absolute atomic E-state index is 16.0. The summed E-state index contributed by atoms with van der Waals surface area (Å²) in [6.45, 7) is -1.12. The Kier molecular flexibility index (Phi) is 20.2. The molecule has 498 valence electrons. The summed E-state index contributed by atoms with van der Waals surface area (Å²) in [5.41, 5.74) is -2.50. The van der Waals surface area contributed by atoms with Crippen LogP contribution in [0.25, 0.3) is 22.3 Å². The molecule has 0 unspecified atom stereocenters. The number of carbonyl (C=O) groups is 4. The van der Waals surface area contributed by atoms with Crippen LogP contribution in [0.15, 0.2) is 48.5 Å². The van der Waals surface area contributed by atoms with E-state index in [1.807, 2.05) is 0 Å². The molecule has 3 aliphatic rings. The van der Waals surface area contributed by atoms with Crippen LogP contribution in [0.2, 0.25) is 0 Å². The number of hydrogen-bond donors (Lipinski definition) is 3. The molecule has 3 heterocycles. The summed E-state index contributed by atoms with van der Waals surface area (Å²) >= 11 is 0. The molecule has 28 heteroatoms. The van der Waals surface area contributed by atoms with Gasteiger partial charge in [0.15, 0.2) is 75.8 Å². The minimum Gasteiger partial charge on any atom is -0.496 e. The van der Waals surface area contributed by atoms with Gasteiger partial charge < -0.3 is 115 Å². The fourth-order valence-corrected chi connectivity index (χ4v) is 11.8. The quantitative estimate of drug-likeness (QED) is 0.0525. The van der Waals surface area contributed by atoms with Gasteiger partial charge in [-0.05, 0) is 42.0 Å². The van der Waals surface area contributed by atoms with E-state index in [4.69, 9.17) is 99.5 Å². The van der Waals surface area contributed by atoms with Gasteiger partial charge in [-0.2, -0.15) is 0 Å². The Labute approximate surface area is 533 Å². The normalized spacial score (nSPS) is 18.7. The molecule has 7 atom stereocenters. The first kappa shape index (κ1) is 67.1. The van der Waals surface area contributed by atoms with Gasteiger partial charge >= 0.3 is 23.9 Å². The minimum atomic E-state index is -2.48. The topological polar surface area (TPSA) is 323 Å². The van der Waals surface area contributed by atoms with Gasteiger partial charge in [0.1, 0.15) is 42.2 Å². The number of aliphatic hydroxyl groups is 3. The first-order chi connectivity index (χ1) is 44.8. The maximum Gasteiger partial charge on any atom is 0.339 e. The third kappa shape index (κ3) is 11.6. The number of methoxy groups -OCH3 is 16. The largest absolute Gasteiger partial charge is 0.496 e. The molecule has 0 aromatic heterocycles. The number of fused-ring (bicyclic) bond motifs is 7. The molecule has 0 saturated heterocycles. The Balaban J connectivity index is 1.36. The van der Waals surface area contributed by atoms with Crippen LogP contribution in [0.3, 0.4) is 0 Å². The van der Waals surface area contributed by atoms with Gasteiger partial charge in [-0.15, -0.1) is 0 Å². The lowest BCUT2D eigenvalue weighted by Crippen LogP contribution is -2.54. The Morgan fingerprint density at radius 3 is 1.14 bits per heavy atom. The fraction of sp³-hybridized carbons (Fsp3) is 0.385. The van der Waals surface area contributed by atoms with Crippen LogP contribution < -0.4 is 80.5 Å². The number of aliphatic hydroxyl groups excluding tert-OH is 3. The molecule has 28 nitrogen and oxygen atoms in total. The van der Waals surface area contributed by atoms with Crippen molar-refractivity contribution in [2.45, 2.75) is 49.1 Å². The number of carbonyl (C=O) groups excluding carboxylic acids is 4. The molecule has 93 heavy (non-hydrogen) atoms. The summed E-state index contributed by atoms with van der Waals surface area (Å²) in [6.07, 6.45) is -14.7. The zero-order chi connectivity index (χ0) is 67.4. The van der Waals surface area contributed by atoms with E-state index in [0.29, 0.717) is 17.1 Å². The lowest BCUT2D eigenvalue weighted by Gasteiger charge is -2.38. The van der Waals surface area contributed by atoms with Crippen LogP contribution in [0, 0.1) is 0 Å². The Morgan fingerprint density at radius 1 is 0.376 bits per heavy atom. The predicted octanol–water partition coefficient (Wildman–Crippen LogP) is 6.75. The highest BCUT2D eigenvalue weighted by Crippen LogP contribution is 2.58. The zero-order valence-electron chi connectivity index (χ0n) is 53.6. The molecule has 0 amide bonds. The van der Waals surface area contributed by atoms with Gasteiger partial charge in [0.25, 0.3) is 0 Å². The fourth-order valence-electron chi connectivity index (χ4n) is 11.8. The van der Waals surface area contributed by atoms with Crippen molar-refractivity contribution < 1.29 is 134 Å². The van der Waals surface area contributed by atoms with Crippen LogP contribution >= 0.6 is 0 Å². The molecule has 6 aromatic carbocycles. The second-order valence-corrected chi connectivity index (χ2v) is 20.4. The summed E-state index contributed by atoms with van der Waals surface area (Å²) in [5, 5.41) is 38.5. The van der Waals surface area contributed by atoms with Crippen molar-refractivity contribution in [1.82, 2.24) is 0 Å². The molecule has 0 bridgehead atoms. The van der Waals surface area contributed by atoms with Crippen LogP contribution in [0.5, 0.6) is 97.7 Å². The molecule has 0 spiro atoms. The van der Waals surface area contributed by atoms with Crippen molar-refractivity contribution in [3.05, 3.63) is 87.5 Å². The highest BCUT2D eigenvalue weighted by Gasteiger charge is 2.51. The first-order valence-electron chi connectivity index (χ1n) is 28.2. The Bertz CT molecular complexity index is 3860. The van der Waals surface area contributed by atoms with E-state index in [2.05, 4.69) is 0 Å². The van der Waals surface area contributed by atoms with Gasteiger partial charge in [0.2, 0.25) is 23.0 Å². The summed E-state index contributed by atoms with van der Waals surface area (Å²) in [6, 6.07) is 11.1. The lowest BCUT2D eigenvalue weighted by atomic mass is 9.87. The SMILES string of the molecule is COc1ccc([C@H]2Oc3cc(OC)c([C@H](O)[C@@H]4OC(=O)c5cc(OC)c(OC)c(OC)c5-c5c(cc(OC)c(OC)c5OC)C(=O)O[C@H]4[C@@H]4OC(=O)c5cc(OC)c(OC)c(OC)c5-c5c(cc(OC)c(OC)c5OC)C(=O)OC[C@H]4O)c(OC)c3C[C@H]2O)cc1OC. The van der Waals surface area contributed by atoms with E-state index in [1.54, 1.807) is 18.2 Å². The number of cyclic esters (lactones) is 4. The van der Waals surface area contributed by atoms with E-state index in [9.17, 15) is 20.1 Å². The van der Waals surface area contributed by atoms with Gasteiger partial charge in [0.05, 0.1) is 148 Å². The van der Waals surface area contributed by atoms with Crippen molar-refractivity contribution in [1.29, 1.82) is 0 Å². The third-order valence-electron chi connectivity index (χ3n) is 16.0. The maximum atomic E-state index is 16.0. The van der Waals surface area contributed by atoms with Crippen molar-refractivity contribution in [3.8, 4) is 120 Å². The van der Waals surface area contributed by atoms with Gasteiger partial charge in [-0.1, -0.05) is 6.07 Å². The molecular weight excluding hydrogens is 1230 g/mol. The average Bonchev–Trinajstić information content (AvgIpc) is 1.15. The molecule has 0 fully saturated rings. The monoisotopic (exact) mass is 1300 g/mol. The van der Waals surface area contributed by atoms with Crippen molar-refractivity contribution in [2.75, 3.05) is 120 Å².